The highest BCUT2D eigenvalue weighted by atomic mass is 127. The van der Waals surface area contributed by atoms with E-state index < -0.39 is 0 Å². The summed E-state index contributed by atoms with van der Waals surface area (Å²) in [6, 6.07) is 0. The molecule has 0 saturated heterocycles. The zero-order valence-electron chi connectivity index (χ0n) is 3.54. The minimum atomic E-state index is -0.000331. The zero-order chi connectivity index (χ0) is 5.40. The summed E-state index contributed by atoms with van der Waals surface area (Å²) in [7, 11) is 1.75. The molecule has 0 saturated carbocycles. The van der Waals surface area contributed by atoms with E-state index in [4.69, 9.17) is 0 Å². The van der Waals surface area contributed by atoms with Gasteiger partial charge in [-0.2, -0.15) is 3.15 Å². The molecule has 1 aromatic heterocycles. The van der Waals surface area contributed by atoms with Gasteiger partial charge in [-0.15, -0.1) is 5.10 Å². The first-order chi connectivity index (χ1) is 3.97. The molecule has 1 aliphatic heterocycles. The summed E-state index contributed by atoms with van der Waals surface area (Å²) in [6.07, 6.45) is 0. The highest BCUT2D eigenvalue weighted by Gasteiger charge is 2.11. The Morgan fingerprint density at radius 3 is 3.38 bits per heavy atom. The van der Waals surface area contributed by atoms with Crippen LogP contribution in [0, 0.1) is 0 Å². The predicted molar refractivity (Wildman–Crippen MR) is 41.9 cm³/mol. The summed E-state index contributed by atoms with van der Waals surface area (Å²) in [5.41, 5.74) is 0. The number of rotatable bonds is 0. The fraction of sp³-hybridized carbons (Fsp3) is 0. The fourth-order valence-corrected chi connectivity index (χ4v) is 5.30. The van der Waals surface area contributed by atoms with Gasteiger partial charge in [0.05, 0.1) is 19.6 Å². The van der Waals surface area contributed by atoms with Crippen LogP contribution in [0.3, 0.4) is 0 Å². The van der Waals surface area contributed by atoms with Crippen molar-refractivity contribution in [2.75, 3.05) is 0 Å². The van der Waals surface area contributed by atoms with Gasteiger partial charge in [-0.1, -0.05) is 4.49 Å². The number of nitrogens with zero attached hydrogens (tertiary/aromatic N) is 3. The van der Waals surface area contributed by atoms with E-state index in [1.165, 1.54) is 11.5 Å². The number of halogens is 1. The van der Waals surface area contributed by atoms with Gasteiger partial charge in [-0.05, 0) is 8.93 Å². The van der Waals surface area contributed by atoms with Crippen LogP contribution in [0.4, 0.5) is 5.00 Å². The third kappa shape index (κ3) is 0.705. The van der Waals surface area contributed by atoms with Crippen LogP contribution in [0.5, 0.6) is 0 Å². The lowest BCUT2D eigenvalue weighted by Crippen LogP contribution is -1.61. The average molecular weight is 257 g/mol. The molecule has 3 nitrogen and oxygen atoms in total. The minimum absolute atomic E-state index is 0.000331. The van der Waals surface area contributed by atoms with Gasteiger partial charge in [0.25, 0.3) is 0 Å². The second-order valence-corrected chi connectivity index (χ2v) is 5.51. The lowest BCUT2D eigenvalue weighted by molar-refractivity contribution is 1.04. The second-order valence-electron chi connectivity index (χ2n) is 1.11. The second kappa shape index (κ2) is 1.99. The van der Waals surface area contributed by atoms with E-state index in [0.29, 0.717) is 0 Å². The van der Waals surface area contributed by atoms with Gasteiger partial charge in [-0.25, -0.2) is 0 Å². The number of hydrogen-bond acceptors (Lipinski definition) is 5. The topological polar surface area (TPSA) is 38.1 Å². The first-order valence-electron chi connectivity index (χ1n) is 1.81. The highest BCUT2D eigenvalue weighted by molar-refractivity contribution is 14.2. The van der Waals surface area contributed by atoms with Crippen molar-refractivity contribution in [3.8, 4) is 0 Å². The smallest absolute Gasteiger partial charge is 0.177 e. The highest BCUT2D eigenvalue weighted by Crippen LogP contribution is 2.47. The van der Waals surface area contributed by atoms with Gasteiger partial charge in [0.1, 0.15) is 0 Å². The normalized spacial score (nSPS) is 15.5. The van der Waals surface area contributed by atoms with Crippen molar-refractivity contribution in [3.05, 3.63) is 0 Å². The van der Waals surface area contributed by atoms with Crippen molar-refractivity contribution >= 4 is 45.1 Å². The van der Waals surface area contributed by atoms with E-state index in [9.17, 15) is 0 Å². The number of aromatic nitrogens is 2. The first kappa shape index (κ1) is 5.24. The summed E-state index contributed by atoms with van der Waals surface area (Å²) in [5.74, 6) is 0. The molecule has 2 heterocycles. The fourth-order valence-electron chi connectivity index (χ4n) is 0.359. The van der Waals surface area contributed by atoms with Crippen molar-refractivity contribution < 1.29 is 0 Å². The van der Waals surface area contributed by atoms with Crippen molar-refractivity contribution in [2.45, 2.75) is 5.03 Å². The molecule has 6 heteroatoms. The molecule has 0 atom stereocenters. The minimum Gasteiger partial charge on any atom is -0.200 e. The van der Waals surface area contributed by atoms with Crippen LogP contribution in [-0.4, -0.2) is 9.59 Å². The maximum atomic E-state index is 4.23. The molecule has 0 N–H and O–H groups in total. The lowest BCUT2D eigenvalue weighted by Gasteiger charge is -1.70. The maximum absolute atomic E-state index is 4.23. The molecule has 2 rings (SSSR count). The van der Waals surface area contributed by atoms with Gasteiger partial charge >= 0.3 is 0 Å². The van der Waals surface area contributed by atoms with Gasteiger partial charge < -0.3 is 0 Å². The Kier molecular flexibility index (Phi) is 1.31. The molecule has 1 aromatic rings. The molecular formula is C2IN3S2. The van der Waals surface area contributed by atoms with E-state index in [2.05, 4.69) is 12.7 Å². The number of hydrogen-bond donors (Lipinski definition) is 0. The Hall–Kier alpha value is 0.440. The molecule has 8 heavy (non-hydrogen) atoms. The Morgan fingerprint density at radius 2 is 2.50 bits per heavy atom. The van der Waals surface area contributed by atoms with Gasteiger partial charge in [0.2, 0.25) is 0 Å². The SMILES string of the molecule is N1=ISc2nnsc21. The Balaban J connectivity index is 2.67. The molecule has 0 amide bonds. The summed E-state index contributed by atoms with van der Waals surface area (Å²) >= 11 is 1.39. The zero-order valence-corrected chi connectivity index (χ0v) is 7.33. The van der Waals surface area contributed by atoms with Gasteiger partial charge in [0.15, 0.2) is 10.0 Å². The quantitative estimate of drug-likeness (QED) is 0.669. The largest absolute Gasteiger partial charge is 0.200 e. The van der Waals surface area contributed by atoms with Crippen LogP contribution >= 0.6 is 40.1 Å². The monoisotopic (exact) mass is 257 g/mol. The molecule has 0 bridgehead atoms. The Morgan fingerprint density at radius 1 is 1.50 bits per heavy atom. The van der Waals surface area contributed by atoms with Crippen LogP contribution in [-0.2, 0) is 0 Å². The van der Waals surface area contributed by atoms with Crippen LogP contribution in [0.15, 0.2) is 8.17 Å². The summed E-state index contributed by atoms with van der Waals surface area (Å²) < 4.78 is 7.96. The van der Waals surface area contributed by atoms with Crippen molar-refractivity contribution in [3.63, 3.8) is 0 Å². The molecule has 0 aliphatic carbocycles. The summed E-state index contributed by atoms with van der Waals surface area (Å²) in [5, 5.41) is 5.95. The van der Waals surface area contributed by atoms with Gasteiger partial charge in [0, 0.05) is 11.5 Å². The molecule has 0 spiro atoms. The summed E-state index contributed by atoms with van der Waals surface area (Å²) in [4.78, 5) is 0. The van der Waals surface area contributed by atoms with E-state index in [0.717, 1.165) is 10.0 Å². The Labute approximate surface area is 62.6 Å². The predicted octanol–water partition coefficient (Wildman–Crippen LogP) is 2.34. The molecule has 0 fully saturated rings. The molecular weight excluding hydrogens is 257 g/mol. The average Bonchev–Trinajstić information content (AvgIpc) is 2.15. The summed E-state index contributed by atoms with van der Waals surface area (Å²) in [6.45, 7) is 0. The van der Waals surface area contributed by atoms with E-state index in [1.807, 2.05) is 0 Å². The van der Waals surface area contributed by atoms with Crippen molar-refractivity contribution in [1.82, 2.24) is 9.59 Å². The van der Waals surface area contributed by atoms with Crippen LogP contribution in [0.2, 0.25) is 0 Å². The molecule has 1 aliphatic rings. The van der Waals surface area contributed by atoms with E-state index >= 15 is 0 Å². The molecule has 42 valence electrons. The molecule has 0 radical (unpaired) electrons. The number of fused-ring (bicyclic) bond motifs is 1. The lowest BCUT2D eigenvalue weighted by atomic mass is 10.9. The molecule has 0 aromatic carbocycles. The standard InChI is InChI=1S/C2IN3S2/c3-4-1-2(7-3)5-6-8-1. The van der Waals surface area contributed by atoms with Crippen molar-refractivity contribution in [1.29, 1.82) is 0 Å². The van der Waals surface area contributed by atoms with Crippen molar-refractivity contribution in [2.24, 2.45) is 3.15 Å². The first-order valence-corrected chi connectivity index (χ1v) is 6.91. The van der Waals surface area contributed by atoms with Crippen LogP contribution in [0.25, 0.3) is 0 Å². The van der Waals surface area contributed by atoms with E-state index in [-0.39, 0.29) is 19.6 Å². The Bertz CT molecular complexity index is 231. The third-order valence-corrected chi connectivity index (χ3v) is 5.21. The maximum Gasteiger partial charge on any atom is 0.177 e. The van der Waals surface area contributed by atoms with E-state index in [1.54, 1.807) is 8.93 Å². The van der Waals surface area contributed by atoms with Gasteiger partial charge in [-0.3, -0.25) is 0 Å². The third-order valence-electron chi connectivity index (χ3n) is 0.661. The van der Waals surface area contributed by atoms with Crippen LogP contribution in [0.1, 0.15) is 0 Å². The van der Waals surface area contributed by atoms with Crippen LogP contribution < -0.4 is 0 Å². The molecule has 0 unspecified atom stereocenters.